The highest BCUT2D eigenvalue weighted by atomic mass is 16.5. The van der Waals surface area contributed by atoms with Crippen molar-refractivity contribution in [1.82, 2.24) is 0 Å². The molecule has 0 spiro atoms. The second-order valence-electron chi connectivity index (χ2n) is 4.36. The fraction of sp³-hybridized carbons (Fsp3) is 0.312. The predicted molar refractivity (Wildman–Crippen MR) is 74.8 cm³/mol. The van der Waals surface area contributed by atoms with Crippen LogP contribution in [0.15, 0.2) is 42.0 Å². The number of rotatable bonds is 5. The van der Waals surface area contributed by atoms with Crippen molar-refractivity contribution in [3.63, 3.8) is 0 Å². The van der Waals surface area contributed by atoms with Gasteiger partial charge in [0, 0.05) is 13.0 Å². The number of benzene rings is 1. The molecule has 100 valence electrons. The molecule has 1 aromatic rings. The number of carbonyl (C=O) groups excluding carboxylic acids is 1. The van der Waals surface area contributed by atoms with Gasteiger partial charge in [-0.2, -0.15) is 0 Å². The van der Waals surface area contributed by atoms with Gasteiger partial charge in [-0.05, 0) is 18.1 Å². The molecule has 0 aromatic heterocycles. The van der Waals surface area contributed by atoms with Crippen molar-refractivity contribution in [3.05, 3.63) is 53.1 Å². The maximum absolute atomic E-state index is 11.8. The molecule has 0 bridgehead atoms. The molecular weight excluding hydrogens is 240 g/mol. The Balaban J connectivity index is 2.23. The van der Waals surface area contributed by atoms with Gasteiger partial charge in [0.1, 0.15) is 0 Å². The summed E-state index contributed by atoms with van der Waals surface area (Å²) >= 11 is 0. The van der Waals surface area contributed by atoms with Crippen LogP contribution in [0.3, 0.4) is 0 Å². The van der Waals surface area contributed by atoms with E-state index in [1.807, 2.05) is 18.2 Å². The summed E-state index contributed by atoms with van der Waals surface area (Å²) in [5, 5.41) is 0. The van der Waals surface area contributed by atoms with Gasteiger partial charge in [-0.25, -0.2) is 4.79 Å². The molecule has 1 unspecified atom stereocenters. The lowest BCUT2D eigenvalue weighted by molar-refractivity contribution is -0.139. The third kappa shape index (κ3) is 3.12. The highest BCUT2D eigenvalue weighted by Crippen LogP contribution is 2.31. The molecule has 0 amide bonds. The number of ether oxygens (including phenoxy) is 2. The van der Waals surface area contributed by atoms with Gasteiger partial charge in [-0.3, -0.25) is 0 Å². The van der Waals surface area contributed by atoms with E-state index in [0.717, 1.165) is 0 Å². The molecule has 0 radical (unpaired) electrons. The van der Waals surface area contributed by atoms with Gasteiger partial charge in [0.15, 0.2) is 0 Å². The summed E-state index contributed by atoms with van der Waals surface area (Å²) in [6.07, 6.45) is 6.08. The van der Waals surface area contributed by atoms with E-state index in [1.165, 1.54) is 11.1 Å². The van der Waals surface area contributed by atoms with E-state index < -0.39 is 0 Å². The van der Waals surface area contributed by atoms with Crippen molar-refractivity contribution in [2.45, 2.75) is 12.8 Å². The second-order valence-corrected chi connectivity index (χ2v) is 4.36. The van der Waals surface area contributed by atoms with Crippen LogP contribution in [0.2, 0.25) is 0 Å². The van der Waals surface area contributed by atoms with Crippen LogP contribution < -0.4 is 0 Å². The Morgan fingerprint density at radius 2 is 2.16 bits per heavy atom. The van der Waals surface area contributed by atoms with Gasteiger partial charge in [0.05, 0.1) is 18.8 Å². The molecule has 0 fully saturated rings. The Morgan fingerprint density at radius 3 is 2.89 bits per heavy atom. The van der Waals surface area contributed by atoms with Gasteiger partial charge in [0.25, 0.3) is 0 Å². The summed E-state index contributed by atoms with van der Waals surface area (Å²) in [4.78, 5) is 11.8. The first-order valence-corrected chi connectivity index (χ1v) is 6.40. The zero-order valence-corrected chi connectivity index (χ0v) is 11.3. The highest BCUT2D eigenvalue weighted by molar-refractivity contribution is 5.89. The van der Waals surface area contributed by atoms with Gasteiger partial charge < -0.3 is 9.47 Å². The van der Waals surface area contributed by atoms with Crippen LogP contribution in [0.5, 0.6) is 0 Å². The molecule has 3 nitrogen and oxygen atoms in total. The van der Waals surface area contributed by atoms with E-state index in [-0.39, 0.29) is 18.5 Å². The maximum atomic E-state index is 11.8. The normalized spacial score (nSPS) is 17.4. The number of esters is 1. The zero-order chi connectivity index (χ0) is 13.7. The average Bonchev–Trinajstić information content (AvgIpc) is 2.82. The first-order valence-electron chi connectivity index (χ1n) is 6.40. The molecule has 0 heterocycles. The summed E-state index contributed by atoms with van der Waals surface area (Å²) in [6.45, 7) is 2.44. The van der Waals surface area contributed by atoms with Crippen LogP contribution in [0.25, 0.3) is 6.08 Å². The first-order chi connectivity index (χ1) is 9.26. The fourth-order valence-corrected chi connectivity index (χ4v) is 2.19. The van der Waals surface area contributed by atoms with Crippen LogP contribution in [0.1, 0.15) is 24.0 Å². The van der Waals surface area contributed by atoms with Crippen molar-refractivity contribution < 1.29 is 14.3 Å². The van der Waals surface area contributed by atoms with E-state index in [4.69, 9.17) is 9.47 Å². The SMILES string of the molecule is CCOC(=O)C(=CC1C=Cc2ccccc21)COC. The van der Waals surface area contributed by atoms with E-state index in [2.05, 4.69) is 24.3 Å². The van der Waals surface area contributed by atoms with E-state index in [1.54, 1.807) is 14.0 Å². The van der Waals surface area contributed by atoms with E-state index in [9.17, 15) is 4.79 Å². The maximum Gasteiger partial charge on any atom is 0.336 e. The minimum Gasteiger partial charge on any atom is -0.463 e. The van der Waals surface area contributed by atoms with Gasteiger partial charge in [-0.1, -0.05) is 42.5 Å². The van der Waals surface area contributed by atoms with Crippen molar-refractivity contribution in [2.75, 3.05) is 20.3 Å². The Bertz CT molecular complexity index is 514. The first kappa shape index (κ1) is 13.6. The van der Waals surface area contributed by atoms with Crippen molar-refractivity contribution in [2.24, 2.45) is 0 Å². The molecule has 0 saturated carbocycles. The van der Waals surface area contributed by atoms with Crippen LogP contribution in [-0.2, 0) is 14.3 Å². The molecule has 0 N–H and O–H groups in total. The molecule has 0 saturated heterocycles. The standard InChI is InChI=1S/C16H18O3/c1-3-19-16(17)14(11-18-2)10-13-9-8-12-6-4-5-7-15(12)13/h4-10,13H,3,11H2,1-2H3. The molecule has 1 aliphatic rings. The smallest absolute Gasteiger partial charge is 0.336 e. The molecule has 1 aliphatic carbocycles. The van der Waals surface area contributed by atoms with Gasteiger partial charge in [-0.15, -0.1) is 0 Å². The Morgan fingerprint density at radius 1 is 1.37 bits per heavy atom. The Kier molecular flexibility index (Phi) is 4.53. The van der Waals surface area contributed by atoms with Crippen LogP contribution >= 0.6 is 0 Å². The fourth-order valence-electron chi connectivity index (χ4n) is 2.19. The topological polar surface area (TPSA) is 35.5 Å². The van der Waals surface area contributed by atoms with Crippen LogP contribution in [0.4, 0.5) is 0 Å². The predicted octanol–water partition coefficient (Wildman–Crippen LogP) is 2.93. The minimum absolute atomic E-state index is 0.116. The molecule has 19 heavy (non-hydrogen) atoms. The summed E-state index contributed by atoms with van der Waals surface area (Å²) < 4.78 is 10.1. The summed E-state index contributed by atoms with van der Waals surface area (Å²) in [5.74, 6) is -0.187. The quantitative estimate of drug-likeness (QED) is 0.601. The summed E-state index contributed by atoms with van der Waals surface area (Å²) in [7, 11) is 1.57. The number of hydrogen-bond donors (Lipinski definition) is 0. The monoisotopic (exact) mass is 258 g/mol. The number of carbonyl (C=O) groups is 1. The molecular formula is C16H18O3. The number of allylic oxidation sites excluding steroid dienone is 2. The second kappa shape index (κ2) is 6.34. The van der Waals surface area contributed by atoms with Gasteiger partial charge >= 0.3 is 5.97 Å². The lowest BCUT2D eigenvalue weighted by Gasteiger charge is -2.10. The van der Waals surface area contributed by atoms with Crippen molar-refractivity contribution >= 4 is 12.0 Å². The largest absolute Gasteiger partial charge is 0.463 e. The number of methoxy groups -OCH3 is 1. The van der Waals surface area contributed by atoms with Crippen molar-refractivity contribution in [3.8, 4) is 0 Å². The summed E-state index contributed by atoms with van der Waals surface area (Å²) in [5.41, 5.74) is 2.97. The van der Waals surface area contributed by atoms with Crippen molar-refractivity contribution in [1.29, 1.82) is 0 Å². The lowest BCUT2D eigenvalue weighted by Crippen LogP contribution is -2.13. The zero-order valence-electron chi connectivity index (χ0n) is 11.3. The third-order valence-corrected chi connectivity index (χ3v) is 3.06. The van der Waals surface area contributed by atoms with Crippen LogP contribution in [0, 0.1) is 0 Å². The minimum atomic E-state index is -0.304. The summed E-state index contributed by atoms with van der Waals surface area (Å²) in [6, 6.07) is 8.16. The number of hydrogen-bond acceptors (Lipinski definition) is 3. The Labute approximate surface area is 113 Å². The van der Waals surface area contributed by atoms with E-state index in [0.29, 0.717) is 12.2 Å². The van der Waals surface area contributed by atoms with Crippen LogP contribution in [-0.4, -0.2) is 26.3 Å². The lowest BCUT2D eigenvalue weighted by atomic mass is 9.98. The third-order valence-electron chi connectivity index (χ3n) is 3.06. The molecule has 3 heteroatoms. The average molecular weight is 258 g/mol. The van der Waals surface area contributed by atoms with Gasteiger partial charge in [0.2, 0.25) is 0 Å². The number of fused-ring (bicyclic) bond motifs is 1. The molecule has 0 aliphatic heterocycles. The molecule has 2 rings (SSSR count). The molecule has 1 atom stereocenters. The van der Waals surface area contributed by atoms with E-state index >= 15 is 0 Å². The highest BCUT2D eigenvalue weighted by Gasteiger charge is 2.18. The Hall–Kier alpha value is -1.87. The molecule has 1 aromatic carbocycles.